The van der Waals surface area contributed by atoms with Gasteiger partial charge in [-0.3, -0.25) is 4.79 Å². The fraction of sp³-hybridized carbons (Fsp3) is 0.357. The predicted molar refractivity (Wildman–Crippen MR) is 75.3 cm³/mol. The van der Waals surface area contributed by atoms with Crippen molar-refractivity contribution in [3.8, 4) is 17.0 Å². The molecule has 6 heteroatoms. The van der Waals surface area contributed by atoms with E-state index < -0.39 is 5.91 Å². The third-order valence-electron chi connectivity index (χ3n) is 2.87. The second-order valence-corrected chi connectivity index (χ2v) is 4.94. The topological polar surface area (TPSA) is 93.9 Å². The molecule has 0 spiro atoms. The minimum absolute atomic E-state index is 0.137. The van der Waals surface area contributed by atoms with Crippen molar-refractivity contribution in [2.45, 2.75) is 20.3 Å². The summed E-state index contributed by atoms with van der Waals surface area (Å²) in [6, 6.07) is 7.34. The summed E-state index contributed by atoms with van der Waals surface area (Å²) < 4.78 is 5.63. The van der Waals surface area contributed by atoms with Crippen LogP contribution in [0, 0.1) is 5.92 Å². The Kier molecular flexibility index (Phi) is 4.34. The Balaban J connectivity index is 2.08. The van der Waals surface area contributed by atoms with Crippen LogP contribution in [0.25, 0.3) is 11.3 Å². The molecule has 0 bridgehead atoms. The van der Waals surface area contributed by atoms with Crippen LogP contribution in [0.15, 0.2) is 24.3 Å². The molecule has 6 nitrogen and oxygen atoms in total. The molecule has 0 unspecified atom stereocenters. The van der Waals surface area contributed by atoms with Gasteiger partial charge >= 0.3 is 0 Å². The van der Waals surface area contributed by atoms with Crippen LogP contribution in [0.5, 0.6) is 5.75 Å². The number of nitrogens with two attached hydrogens (primary N) is 1. The SMILES string of the molecule is CC(C)CCOc1ccc(-c2n[nH]nc2C(N)=O)cc1. The second kappa shape index (κ2) is 6.18. The second-order valence-electron chi connectivity index (χ2n) is 4.94. The molecule has 1 aromatic carbocycles. The van der Waals surface area contributed by atoms with Gasteiger partial charge in [-0.15, -0.1) is 0 Å². The Morgan fingerprint density at radius 1 is 1.30 bits per heavy atom. The highest BCUT2D eigenvalue weighted by Crippen LogP contribution is 2.22. The summed E-state index contributed by atoms with van der Waals surface area (Å²) in [5.41, 5.74) is 6.59. The monoisotopic (exact) mass is 274 g/mol. The summed E-state index contributed by atoms with van der Waals surface area (Å²) in [4.78, 5) is 11.2. The summed E-state index contributed by atoms with van der Waals surface area (Å²) >= 11 is 0. The number of carbonyl (C=O) groups excluding carboxylic acids is 1. The van der Waals surface area contributed by atoms with Gasteiger partial charge in [0.15, 0.2) is 5.69 Å². The average molecular weight is 274 g/mol. The Labute approximate surface area is 117 Å². The molecule has 20 heavy (non-hydrogen) atoms. The van der Waals surface area contributed by atoms with Crippen molar-refractivity contribution < 1.29 is 9.53 Å². The van der Waals surface area contributed by atoms with Crippen molar-refractivity contribution in [2.24, 2.45) is 11.7 Å². The first-order valence-corrected chi connectivity index (χ1v) is 6.51. The van der Waals surface area contributed by atoms with E-state index in [0.717, 1.165) is 17.7 Å². The van der Waals surface area contributed by atoms with Gasteiger partial charge in [-0.1, -0.05) is 13.8 Å². The summed E-state index contributed by atoms with van der Waals surface area (Å²) in [5.74, 6) is 0.798. The Morgan fingerprint density at radius 3 is 2.60 bits per heavy atom. The van der Waals surface area contributed by atoms with Crippen molar-refractivity contribution >= 4 is 5.91 Å². The van der Waals surface area contributed by atoms with Gasteiger partial charge in [0.25, 0.3) is 5.91 Å². The van der Waals surface area contributed by atoms with Gasteiger partial charge in [-0.05, 0) is 36.6 Å². The molecule has 2 aromatic rings. The van der Waals surface area contributed by atoms with Gasteiger partial charge in [0.1, 0.15) is 11.4 Å². The highest BCUT2D eigenvalue weighted by Gasteiger charge is 2.14. The lowest BCUT2D eigenvalue weighted by Crippen LogP contribution is -2.12. The Bertz CT molecular complexity index is 575. The number of nitrogens with zero attached hydrogens (tertiary/aromatic N) is 2. The van der Waals surface area contributed by atoms with Crippen molar-refractivity contribution in [3.63, 3.8) is 0 Å². The van der Waals surface area contributed by atoms with E-state index in [0.29, 0.717) is 18.2 Å². The zero-order valence-electron chi connectivity index (χ0n) is 11.6. The molecular formula is C14H18N4O2. The first-order valence-electron chi connectivity index (χ1n) is 6.51. The number of H-pyrrole nitrogens is 1. The molecule has 0 atom stereocenters. The van der Waals surface area contributed by atoms with Crippen molar-refractivity contribution in [1.82, 2.24) is 15.4 Å². The van der Waals surface area contributed by atoms with E-state index in [1.807, 2.05) is 24.3 Å². The number of hydrogen-bond donors (Lipinski definition) is 2. The molecular weight excluding hydrogens is 256 g/mol. The highest BCUT2D eigenvalue weighted by molar-refractivity contribution is 5.96. The predicted octanol–water partition coefficient (Wildman–Crippen LogP) is 2.00. The number of amides is 1. The zero-order valence-corrected chi connectivity index (χ0v) is 11.6. The van der Waals surface area contributed by atoms with Crippen molar-refractivity contribution in [3.05, 3.63) is 30.0 Å². The maximum absolute atomic E-state index is 11.2. The Morgan fingerprint density at radius 2 is 2.00 bits per heavy atom. The minimum atomic E-state index is -0.606. The van der Waals surface area contributed by atoms with E-state index in [9.17, 15) is 4.79 Å². The molecule has 1 heterocycles. The van der Waals surface area contributed by atoms with E-state index in [1.54, 1.807) is 0 Å². The largest absolute Gasteiger partial charge is 0.494 e. The molecule has 106 valence electrons. The number of primary amides is 1. The van der Waals surface area contributed by atoms with Gasteiger partial charge in [0, 0.05) is 5.56 Å². The van der Waals surface area contributed by atoms with Crippen molar-refractivity contribution in [1.29, 1.82) is 0 Å². The fourth-order valence-corrected chi connectivity index (χ4v) is 1.73. The van der Waals surface area contributed by atoms with Gasteiger partial charge < -0.3 is 10.5 Å². The molecule has 0 radical (unpaired) electrons. The lowest BCUT2D eigenvalue weighted by Gasteiger charge is -2.08. The summed E-state index contributed by atoms with van der Waals surface area (Å²) in [5, 5.41) is 10.1. The van der Waals surface area contributed by atoms with Crippen LogP contribution in [0.1, 0.15) is 30.8 Å². The first-order chi connectivity index (χ1) is 9.58. The lowest BCUT2D eigenvalue weighted by molar-refractivity contribution is 0.0996. The number of aromatic amines is 1. The van der Waals surface area contributed by atoms with Crippen LogP contribution < -0.4 is 10.5 Å². The standard InChI is InChI=1S/C14H18N4O2/c1-9(2)7-8-20-11-5-3-10(4-6-11)12-13(14(15)19)17-18-16-12/h3-6,9H,7-8H2,1-2H3,(H2,15,19)(H,16,17,18). The molecule has 1 aromatic heterocycles. The number of rotatable bonds is 6. The van der Waals surface area contributed by atoms with Crippen LogP contribution in [0.2, 0.25) is 0 Å². The lowest BCUT2D eigenvalue weighted by atomic mass is 10.1. The molecule has 0 fully saturated rings. The van der Waals surface area contributed by atoms with E-state index in [2.05, 4.69) is 29.3 Å². The van der Waals surface area contributed by atoms with Gasteiger partial charge in [-0.25, -0.2) is 0 Å². The van der Waals surface area contributed by atoms with Crippen LogP contribution in [0.4, 0.5) is 0 Å². The number of ether oxygens (including phenoxy) is 1. The highest BCUT2D eigenvalue weighted by atomic mass is 16.5. The molecule has 0 saturated carbocycles. The van der Waals surface area contributed by atoms with Crippen LogP contribution in [-0.4, -0.2) is 27.9 Å². The number of carbonyl (C=O) groups is 1. The third kappa shape index (κ3) is 3.34. The number of benzene rings is 1. The quantitative estimate of drug-likeness (QED) is 0.842. The number of hydrogen-bond acceptors (Lipinski definition) is 4. The van der Waals surface area contributed by atoms with E-state index in [1.165, 1.54) is 0 Å². The minimum Gasteiger partial charge on any atom is -0.494 e. The average Bonchev–Trinajstić information content (AvgIpc) is 2.88. The molecule has 1 amide bonds. The normalized spacial score (nSPS) is 10.8. The molecule has 0 saturated heterocycles. The van der Waals surface area contributed by atoms with Crippen LogP contribution in [-0.2, 0) is 0 Å². The Hall–Kier alpha value is -2.37. The van der Waals surface area contributed by atoms with Gasteiger partial charge in [-0.2, -0.15) is 15.4 Å². The molecule has 2 rings (SSSR count). The third-order valence-corrected chi connectivity index (χ3v) is 2.87. The molecule has 3 N–H and O–H groups in total. The van der Waals surface area contributed by atoms with Crippen LogP contribution >= 0.6 is 0 Å². The van der Waals surface area contributed by atoms with E-state index in [4.69, 9.17) is 10.5 Å². The van der Waals surface area contributed by atoms with E-state index >= 15 is 0 Å². The van der Waals surface area contributed by atoms with Gasteiger partial charge in [0.2, 0.25) is 0 Å². The van der Waals surface area contributed by atoms with Gasteiger partial charge in [0.05, 0.1) is 6.61 Å². The smallest absolute Gasteiger partial charge is 0.271 e. The molecule has 0 aliphatic rings. The number of nitrogens with one attached hydrogen (secondary N) is 1. The van der Waals surface area contributed by atoms with E-state index in [-0.39, 0.29) is 5.69 Å². The molecule has 0 aliphatic heterocycles. The zero-order chi connectivity index (χ0) is 14.5. The summed E-state index contributed by atoms with van der Waals surface area (Å²) in [7, 11) is 0. The molecule has 0 aliphatic carbocycles. The van der Waals surface area contributed by atoms with Crippen LogP contribution in [0.3, 0.4) is 0 Å². The summed E-state index contributed by atoms with van der Waals surface area (Å²) in [6.07, 6.45) is 1.01. The number of aromatic nitrogens is 3. The van der Waals surface area contributed by atoms with Crippen molar-refractivity contribution in [2.75, 3.05) is 6.61 Å². The fourth-order valence-electron chi connectivity index (χ4n) is 1.73. The maximum atomic E-state index is 11.2. The maximum Gasteiger partial charge on any atom is 0.271 e. The first kappa shape index (κ1) is 14.0. The summed E-state index contributed by atoms with van der Waals surface area (Å²) in [6.45, 7) is 5.00.